The summed E-state index contributed by atoms with van der Waals surface area (Å²) in [6.07, 6.45) is 3.43. The molecular formula is C16H34N2. The molecule has 0 radical (unpaired) electrons. The minimum atomic E-state index is 0.220. The highest BCUT2D eigenvalue weighted by Crippen LogP contribution is 2.27. The third-order valence-corrected chi connectivity index (χ3v) is 4.15. The Morgan fingerprint density at radius 2 is 1.78 bits per heavy atom. The molecule has 0 rings (SSSR count). The van der Waals surface area contributed by atoms with Gasteiger partial charge in [-0.05, 0) is 52.7 Å². The van der Waals surface area contributed by atoms with Crippen molar-refractivity contribution in [1.82, 2.24) is 10.2 Å². The van der Waals surface area contributed by atoms with Gasteiger partial charge in [0.25, 0.3) is 0 Å². The lowest BCUT2D eigenvalue weighted by Crippen LogP contribution is -2.59. The van der Waals surface area contributed by atoms with Gasteiger partial charge in [-0.15, -0.1) is 6.58 Å². The number of hydrogen-bond donors (Lipinski definition) is 1. The zero-order valence-electron chi connectivity index (χ0n) is 13.5. The average Bonchev–Trinajstić information content (AvgIpc) is 2.35. The Balaban J connectivity index is 5.01. The first-order valence-corrected chi connectivity index (χ1v) is 7.58. The predicted molar refractivity (Wildman–Crippen MR) is 83.1 cm³/mol. The summed E-state index contributed by atoms with van der Waals surface area (Å²) in [4.78, 5) is 2.59. The molecule has 0 aliphatic rings. The second kappa shape index (κ2) is 8.71. The van der Waals surface area contributed by atoms with Gasteiger partial charge in [-0.2, -0.15) is 0 Å². The first-order valence-electron chi connectivity index (χ1n) is 7.58. The Labute approximate surface area is 115 Å². The summed E-state index contributed by atoms with van der Waals surface area (Å²) in [6.45, 7) is 21.0. The van der Waals surface area contributed by atoms with Crippen molar-refractivity contribution in [3.63, 3.8) is 0 Å². The van der Waals surface area contributed by atoms with Gasteiger partial charge in [0.2, 0.25) is 0 Å². The fourth-order valence-corrected chi connectivity index (χ4v) is 2.82. The molecule has 108 valence electrons. The monoisotopic (exact) mass is 254 g/mol. The fourth-order valence-electron chi connectivity index (χ4n) is 2.82. The van der Waals surface area contributed by atoms with Crippen molar-refractivity contribution < 1.29 is 0 Å². The Hall–Kier alpha value is -0.340. The number of nitrogens with zero attached hydrogens (tertiary/aromatic N) is 1. The molecule has 0 aromatic rings. The smallest absolute Gasteiger partial charge is 0.0334 e. The molecule has 0 fully saturated rings. The first-order chi connectivity index (χ1) is 8.46. The van der Waals surface area contributed by atoms with Crippen LogP contribution in [0.3, 0.4) is 0 Å². The molecule has 0 saturated heterocycles. The summed E-state index contributed by atoms with van der Waals surface area (Å²) in [7, 11) is 0. The molecule has 0 heterocycles. The Morgan fingerprint density at radius 1 is 1.22 bits per heavy atom. The highest BCUT2D eigenvalue weighted by Gasteiger charge is 2.36. The van der Waals surface area contributed by atoms with Crippen LogP contribution in [0.4, 0.5) is 0 Å². The number of rotatable bonds is 10. The van der Waals surface area contributed by atoms with Crippen LogP contribution in [-0.2, 0) is 0 Å². The molecule has 0 aliphatic carbocycles. The zero-order chi connectivity index (χ0) is 14.2. The molecule has 0 aromatic carbocycles. The lowest BCUT2D eigenvalue weighted by Gasteiger charge is -2.46. The molecule has 2 heteroatoms. The maximum Gasteiger partial charge on any atom is 0.0334 e. The molecule has 0 spiro atoms. The van der Waals surface area contributed by atoms with Gasteiger partial charge in [0, 0.05) is 11.6 Å². The number of nitrogens with one attached hydrogen (secondary N) is 1. The van der Waals surface area contributed by atoms with Crippen LogP contribution in [-0.4, -0.2) is 36.1 Å². The van der Waals surface area contributed by atoms with E-state index in [2.05, 4.69) is 58.3 Å². The fraction of sp³-hybridized carbons (Fsp3) is 0.875. The molecule has 0 bridgehead atoms. The van der Waals surface area contributed by atoms with Crippen molar-refractivity contribution in [2.75, 3.05) is 19.6 Å². The van der Waals surface area contributed by atoms with E-state index in [-0.39, 0.29) is 5.54 Å². The van der Waals surface area contributed by atoms with Crippen molar-refractivity contribution in [1.29, 1.82) is 0 Å². The van der Waals surface area contributed by atoms with Gasteiger partial charge in [-0.1, -0.05) is 33.3 Å². The number of likely N-dealkylation sites (N-methyl/N-ethyl adjacent to an activating group) is 1. The molecule has 0 saturated carbocycles. The highest BCUT2D eigenvalue weighted by molar-refractivity contribution is 5.03. The van der Waals surface area contributed by atoms with Crippen LogP contribution in [0.1, 0.15) is 60.8 Å². The molecule has 0 amide bonds. The van der Waals surface area contributed by atoms with Crippen molar-refractivity contribution >= 4 is 0 Å². The van der Waals surface area contributed by atoms with E-state index in [1.165, 1.54) is 18.4 Å². The summed E-state index contributed by atoms with van der Waals surface area (Å²) in [5.41, 5.74) is 1.49. The van der Waals surface area contributed by atoms with E-state index in [1.807, 2.05) is 0 Å². The van der Waals surface area contributed by atoms with E-state index in [1.54, 1.807) is 0 Å². The van der Waals surface area contributed by atoms with E-state index < -0.39 is 0 Å². The average molecular weight is 254 g/mol. The molecule has 2 atom stereocenters. The van der Waals surface area contributed by atoms with Gasteiger partial charge in [-0.25, -0.2) is 0 Å². The summed E-state index contributed by atoms with van der Waals surface area (Å²) in [5.74, 6) is 0. The topological polar surface area (TPSA) is 15.3 Å². The van der Waals surface area contributed by atoms with Gasteiger partial charge < -0.3 is 5.32 Å². The van der Waals surface area contributed by atoms with Crippen LogP contribution in [0.2, 0.25) is 0 Å². The number of hydrogen-bond acceptors (Lipinski definition) is 2. The van der Waals surface area contributed by atoms with E-state index in [9.17, 15) is 0 Å². The normalized spacial score (nSPS) is 16.6. The summed E-state index contributed by atoms with van der Waals surface area (Å²) in [6, 6.07) is 0.500. The highest BCUT2D eigenvalue weighted by atomic mass is 15.2. The second-order valence-corrected chi connectivity index (χ2v) is 5.55. The van der Waals surface area contributed by atoms with Crippen LogP contribution >= 0.6 is 0 Å². The van der Waals surface area contributed by atoms with Crippen molar-refractivity contribution in [2.45, 2.75) is 72.4 Å². The largest absolute Gasteiger partial charge is 0.312 e. The quantitative estimate of drug-likeness (QED) is 0.596. The summed E-state index contributed by atoms with van der Waals surface area (Å²) < 4.78 is 0. The standard InChI is InChI=1S/C16H34N2/c1-8-12-17-15(13-14(5)6)16(7,9-2)18(10-3)11-4/h15,17H,5,8-13H2,1-4,6-7H3. The molecule has 2 unspecified atom stereocenters. The molecule has 2 nitrogen and oxygen atoms in total. The molecule has 18 heavy (non-hydrogen) atoms. The third-order valence-electron chi connectivity index (χ3n) is 4.15. The maximum absolute atomic E-state index is 4.10. The van der Waals surface area contributed by atoms with Crippen LogP contribution in [0.25, 0.3) is 0 Å². The van der Waals surface area contributed by atoms with Crippen molar-refractivity contribution in [3.05, 3.63) is 12.2 Å². The van der Waals surface area contributed by atoms with Gasteiger partial charge in [0.1, 0.15) is 0 Å². The molecule has 1 N–H and O–H groups in total. The minimum absolute atomic E-state index is 0.220. The first kappa shape index (κ1) is 17.7. The minimum Gasteiger partial charge on any atom is -0.312 e. The Morgan fingerprint density at radius 3 is 2.11 bits per heavy atom. The van der Waals surface area contributed by atoms with Gasteiger partial charge in [0.05, 0.1) is 0 Å². The molecule has 0 aromatic heterocycles. The van der Waals surface area contributed by atoms with Gasteiger partial charge in [-0.3, -0.25) is 4.90 Å². The third kappa shape index (κ3) is 4.74. The zero-order valence-corrected chi connectivity index (χ0v) is 13.5. The van der Waals surface area contributed by atoms with E-state index in [4.69, 9.17) is 0 Å². The Bertz CT molecular complexity index is 233. The lowest BCUT2D eigenvalue weighted by atomic mass is 9.83. The van der Waals surface area contributed by atoms with Crippen molar-refractivity contribution in [2.24, 2.45) is 0 Å². The van der Waals surface area contributed by atoms with E-state index >= 15 is 0 Å². The molecule has 0 aliphatic heterocycles. The lowest BCUT2D eigenvalue weighted by molar-refractivity contribution is 0.0701. The van der Waals surface area contributed by atoms with Crippen LogP contribution in [0.15, 0.2) is 12.2 Å². The van der Waals surface area contributed by atoms with E-state index in [0.29, 0.717) is 6.04 Å². The van der Waals surface area contributed by atoms with Crippen molar-refractivity contribution in [3.8, 4) is 0 Å². The molecular weight excluding hydrogens is 220 g/mol. The van der Waals surface area contributed by atoms with Gasteiger partial charge in [0.15, 0.2) is 0 Å². The maximum atomic E-state index is 4.10. The summed E-state index contributed by atoms with van der Waals surface area (Å²) in [5, 5.41) is 3.74. The van der Waals surface area contributed by atoms with E-state index in [0.717, 1.165) is 26.1 Å². The second-order valence-electron chi connectivity index (χ2n) is 5.55. The van der Waals surface area contributed by atoms with Crippen LogP contribution in [0.5, 0.6) is 0 Å². The van der Waals surface area contributed by atoms with Crippen LogP contribution < -0.4 is 5.32 Å². The SMILES string of the molecule is C=C(C)CC(NCCC)C(C)(CC)N(CC)CC. The predicted octanol–water partition coefficient (Wildman–Crippen LogP) is 3.83. The van der Waals surface area contributed by atoms with Crippen LogP contribution in [0, 0.1) is 0 Å². The summed E-state index contributed by atoms with van der Waals surface area (Å²) >= 11 is 0. The van der Waals surface area contributed by atoms with Gasteiger partial charge >= 0.3 is 0 Å². The Kier molecular flexibility index (Phi) is 8.54.